The summed E-state index contributed by atoms with van der Waals surface area (Å²) in [5.74, 6) is -0.138. The minimum Gasteiger partial charge on any atom is -0.478 e. The minimum absolute atomic E-state index is 0.344. The molecule has 110 valence electrons. The van der Waals surface area contributed by atoms with E-state index in [1.54, 1.807) is 12.1 Å². The molecule has 0 spiro atoms. The lowest BCUT2D eigenvalue weighted by Crippen LogP contribution is -2.10. The molecule has 0 saturated carbocycles. The lowest BCUT2D eigenvalue weighted by molar-refractivity contribution is 0.0695. The highest BCUT2D eigenvalue weighted by Crippen LogP contribution is 2.18. The number of hydrogen-bond donors (Lipinski definition) is 2. The Labute approximate surface area is 127 Å². The van der Waals surface area contributed by atoms with Gasteiger partial charge in [0.05, 0.1) is 11.1 Å². The zero-order valence-corrected chi connectivity index (χ0v) is 11.9. The van der Waals surface area contributed by atoms with E-state index in [2.05, 4.69) is 15.3 Å². The molecule has 0 saturated heterocycles. The van der Waals surface area contributed by atoms with Gasteiger partial charge in [-0.2, -0.15) is 0 Å². The highest BCUT2D eigenvalue weighted by atomic mass is 16.4. The molecular weight excluding hydrogens is 278 g/mol. The van der Waals surface area contributed by atoms with Gasteiger partial charge in [0.25, 0.3) is 0 Å². The molecule has 3 aromatic rings. The summed E-state index contributed by atoms with van der Waals surface area (Å²) in [6.45, 7) is 0.602. The maximum atomic E-state index is 11.2. The van der Waals surface area contributed by atoms with E-state index in [1.807, 2.05) is 36.4 Å². The molecule has 0 amide bonds. The Kier molecular flexibility index (Phi) is 3.96. The Balaban J connectivity index is 1.74. The van der Waals surface area contributed by atoms with E-state index >= 15 is 0 Å². The Bertz CT molecular complexity index is 812. The van der Waals surface area contributed by atoms with Crippen LogP contribution in [-0.2, 0) is 6.42 Å². The van der Waals surface area contributed by atoms with Crippen molar-refractivity contribution in [2.75, 3.05) is 11.9 Å². The van der Waals surface area contributed by atoms with Gasteiger partial charge in [0.15, 0.2) is 0 Å². The summed E-state index contributed by atoms with van der Waals surface area (Å²) in [7, 11) is 0. The van der Waals surface area contributed by atoms with Crippen LogP contribution in [0.2, 0.25) is 0 Å². The fraction of sp³-hybridized carbons (Fsp3) is 0.118. The second-order valence-electron chi connectivity index (χ2n) is 4.88. The number of anilines is 1. The van der Waals surface area contributed by atoms with Gasteiger partial charge in [-0.25, -0.2) is 14.8 Å². The molecule has 0 fully saturated rings. The first-order chi connectivity index (χ1) is 10.8. The highest BCUT2D eigenvalue weighted by molar-refractivity contribution is 5.90. The second-order valence-corrected chi connectivity index (χ2v) is 4.88. The number of carboxylic acid groups (broad SMARTS) is 1. The Morgan fingerprint density at radius 1 is 1.05 bits per heavy atom. The van der Waals surface area contributed by atoms with Crippen LogP contribution in [0.1, 0.15) is 15.9 Å². The van der Waals surface area contributed by atoms with Gasteiger partial charge in [-0.3, -0.25) is 0 Å². The third-order valence-corrected chi connectivity index (χ3v) is 3.48. The number of fused-ring (bicyclic) bond motifs is 1. The van der Waals surface area contributed by atoms with Gasteiger partial charge in [-0.1, -0.05) is 30.3 Å². The number of para-hydroxylation sites is 1. The number of carbonyl (C=O) groups is 1. The number of nitrogens with zero attached hydrogens (tertiary/aromatic N) is 2. The van der Waals surface area contributed by atoms with Crippen molar-refractivity contribution in [1.29, 1.82) is 0 Å². The second kappa shape index (κ2) is 6.22. The van der Waals surface area contributed by atoms with Crippen molar-refractivity contribution >= 4 is 22.7 Å². The molecular formula is C17H15N3O2. The molecule has 1 aromatic heterocycles. The summed E-state index contributed by atoms with van der Waals surface area (Å²) in [6.07, 6.45) is 2.14. The van der Waals surface area contributed by atoms with Crippen LogP contribution < -0.4 is 5.32 Å². The summed E-state index contributed by atoms with van der Waals surface area (Å²) >= 11 is 0. The molecule has 0 aliphatic rings. The van der Waals surface area contributed by atoms with Gasteiger partial charge in [-0.05, 0) is 30.2 Å². The summed E-state index contributed by atoms with van der Waals surface area (Å²) < 4.78 is 0. The summed E-state index contributed by atoms with van der Waals surface area (Å²) in [6, 6.07) is 14.8. The average Bonchev–Trinajstić information content (AvgIpc) is 2.55. The fourth-order valence-corrected chi connectivity index (χ4v) is 2.41. The van der Waals surface area contributed by atoms with Crippen LogP contribution >= 0.6 is 0 Å². The number of hydrogen-bond acceptors (Lipinski definition) is 4. The maximum absolute atomic E-state index is 11.2. The van der Waals surface area contributed by atoms with Gasteiger partial charge in [-0.15, -0.1) is 0 Å². The summed E-state index contributed by atoms with van der Waals surface area (Å²) in [5.41, 5.74) is 2.03. The van der Waals surface area contributed by atoms with Crippen molar-refractivity contribution in [2.45, 2.75) is 6.42 Å². The normalized spacial score (nSPS) is 10.5. The number of rotatable bonds is 5. The smallest absolute Gasteiger partial charge is 0.335 e. The van der Waals surface area contributed by atoms with E-state index in [4.69, 9.17) is 0 Å². The Morgan fingerprint density at radius 3 is 2.68 bits per heavy atom. The van der Waals surface area contributed by atoms with E-state index in [-0.39, 0.29) is 0 Å². The van der Waals surface area contributed by atoms with Crippen LogP contribution in [0.4, 0.5) is 5.82 Å². The van der Waals surface area contributed by atoms with Crippen LogP contribution in [0.5, 0.6) is 0 Å². The Morgan fingerprint density at radius 2 is 1.82 bits per heavy atom. The predicted molar refractivity (Wildman–Crippen MR) is 85.1 cm³/mol. The molecule has 5 nitrogen and oxygen atoms in total. The third-order valence-electron chi connectivity index (χ3n) is 3.48. The first-order valence-electron chi connectivity index (χ1n) is 7.00. The SMILES string of the molecule is O=C(O)c1ccccc1CCNc1ncnc2ccccc12. The zero-order valence-electron chi connectivity index (χ0n) is 11.9. The van der Waals surface area contributed by atoms with Gasteiger partial charge >= 0.3 is 5.97 Å². The minimum atomic E-state index is -0.900. The first kappa shape index (κ1) is 14.0. The topological polar surface area (TPSA) is 75.1 Å². The predicted octanol–water partition coefficient (Wildman–Crippen LogP) is 2.98. The average molecular weight is 293 g/mol. The molecule has 0 bridgehead atoms. The van der Waals surface area contributed by atoms with Crippen LogP contribution in [0.15, 0.2) is 54.9 Å². The number of aromatic nitrogens is 2. The fourth-order valence-electron chi connectivity index (χ4n) is 2.41. The molecule has 0 aliphatic carbocycles. The van der Waals surface area contributed by atoms with Crippen LogP contribution in [-0.4, -0.2) is 27.6 Å². The van der Waals surface area contributed by atoms with E-state index in [9.17, 15) is 9.90 Å². The standard InChI is InChI=1S/C17H15N3O2/c21-17(22)13-6-2-1-5-12(13)9-10-18-16-14-7-3-4-8-15(14)19-11-20-16/h1-8,11H,9-10H2,(H,21,22)(H,18,19,20). The molecule has 3 rings (SSSR count). The monoisotopic (exact) mass is 293 g/mol. The van der Waals surface area contributed by atoms with E-state index in [0.29, 0.717) is 18.5 Å². The number of nitrogens with one attached hydrogen (secondary N) is 1. The molecule has 1 heterocycles. The largest absolute Gasteiger partial charge is 0.478 e. The van der Waals surface area contributed by atoms with Crippen LogP contribution in [0.3, 0.4) is 0 Å². The van der Waals surface area contributed by atoms with Crippen molar-refractivity contribution in [1.82, 2.24) is 9.97 Å². The lowest BCUT2D eigenvalue weighted by Gasteiger charge is -2.09. The lowest BCUT2D eigenvalue weighted by atomic mass is 10.0. The van der Waals surface area contributed by atoms with E-state index in [1.165, 1.54) is 6.33 Å². The molecule has 0 radical (unpaired) electrons. The molecule has 22 heavy (non-hydrogen) atoms. The van der Waals surface area contributed by atoms with Crippen LogP contribution in [0.25, 0.3) is 10.9 Å². The highest BCUT2D eigenvalue weighted by Gasteiger charge is 2.09. The van der Waals surface area contributed by atoms with Crippen molar-refractivity contribution in [2.24, 2.45) is 0 Å². The van der Waals surface area contributed by atoms with Crippen molar-refractivity contribution in [3.8, 4) is 0 Å². The molecule has 2 aromatic carbocycles. The van der Waals surface area contributed by atoms with Gasteiger partial charge in [0, 0.05) is 11.9 Å². The summed E-state index contributed by atoms with van der Waals surface area (Å²) in [5, 5.41) is 13.4. The van der Waals surface area contributed by atoms with Gasteiger partial charge in [0.1, 0.15) is 12.1 Å². The van der Waals surface area contributed by atoms with Gasteiger partial charge < -0.3 is 10.4 Å². The maximum Gasteiger partial charge on any atom is 0.335 e. The van der Waals surface area contributed by atoms with E-state index in [0.717, 1.165) is 22.3 Å². The quantitative estimate of drug-likeness (QED) is 0.756. The van der Waals surface area contributed by atoms with Crippen molar-refractivity contribution in [3.05, 3.63) is 66.0 Å². The number of carboxylic acids is 1. The molecule has 0 unspecified atom stereocenters. The van der Waals surface area contributed by atoms with Crippen molar-refractivity contribution in [3.63, 3.8) is 0 Å². The first-order valence-corrected chi connectivity index (χ1v) is 7.00. The zero-order chi connectivity index (χ0) is 15.4. The number of aromatic carboxylic acids is 1. The number of benzene rings is 2. The van der Waals surface area contributed by atoms with Crippen LogP contribution in [0, 0.1) is 0 Å². The Hall–Kier alpha value is -2.95. The van der Waals surface area contributed by atoms with Gasteiger partial charge in [0.2, 0.25) is 0 Å². The third kappa shape index (κ3) is 2.88. The molecule has 0 aliphatic heterocycles. The molecule has 5 heteroatoms. The molecule has 0 atom stereocenters. The van der Waals surface area contributed by atoms with Crippen molar-refractivity contribution < 1.29 is 9.90 Å². The molecule has 2 N–H and O–H groups in total. The summed E-state index contributed by atoms with van der Waals surface area (Å²) in [4.78, 5) is 19.7. The van der Waals surface area contributed by atoms with E-state index < -0.39 is 5.97 Å².